The quantitative estimate of drug-likeness (QED) is 0.829. The lowest BCUT2D eigenvalue weighted by Gasteiger charge is -2.17. The fourth-order valence-electron chi connectivity index (χ4n) is 1.96. The van der Waals surface area contributed by atoms with Crippen LogP contribution in [0.3, 0.4) is 0 Å². The first kappa shape index (κ1) is 15.8. The lowest BCUT2D eigenvalue weighted by molar-refractivity contribution is 0.639. The molecule has 1 aromatic carbocycles. The SMILES string of the molecule is CCn1cc(Cl)c(CNC(=S)NC(C)c2ccccc2)n1. The Labute approximate surface area is 135 Å². The van der Waals surface area contributed by atoms with E-state index in [4.69, 9.17) is 23.8 Å². The molecule has 0 aliphatic carbocycles. The number of benzene rings is 1. The molecule has 4 nitrogen and oxygen atoms in total. The molecule has 0 aliphatic heterocycles. The number of halogens is 1. The van der Waals surface area contributed by atoms with Gasteiger partial charge in [0.1, 0.15) is 5.69 Å². The Bertz CT molecular complexity index is 597. The molecule has 2 aromatic rings. The largest absolute Gasteiger partial charge is 0.357 e. The molecule has 1 heterocycles. The molecule has 1 aromatic heterocycles. The van der Waals surface area contributed by atoms with E-state index in [1.807, 2.05) is 36.0 Å². The maximum atomic E-state index is 6.12. The zero-order valence-electron chi connectivity index (χ0n) is 12.1. The first-order chi connectivity index (χ1) is 10.1. The summed E-state index contributed by atoms with van der Waals surface area (Å²) in [7, 11) is 0. The number of hydrogen-bond acceptors (Lipinski definition) is 2. The topological polar surface area (TPSA) is 41.9 Å². The van der Waals surface area contributed by atoms with Crippen molar-refractivity contribution < 1.29 is 0 Å². The van der Waals surface area contributed by atoms with Crippen LogP contribution in [0.4, 0.5) is 0 Å². The fourth-order valence-corrected chi connectivity index (χ4v) is 2.42. The van der Waals surface area contributed by atoms with Gasteiger partial charge >= 0.3 is 0 Å². The summed E-state index contributed by atoms with van der Waals surface area (Å²) in [5.74, 6) is 0. The van der Waals surface area contributed by atoms with E-state index >= 15 is 0 Å². The first-order valence-electron chi connectivity index (χ1n) is 6.91. The van der Waals surface area contributed by atoms with E-state index in [2.05, 4.69) is 34.8 Å². The summed E-state index contributed by atoms with van der Waals surface area (Å²) in [6, 6.07) is 10.3. The molecule has 2 N–H and O–H groups in total. The van der Waals surface area contributed by atoms with Crippen molar-refractivity contribution in [3.8, 4) is 0 Å². The van der Waals surface area contributed by atoms with Gasteiger partial charge in [0.2, 0.25) is 0 Å². The Kier molecular flexibility index (Phi) is 5.59. The molecule has 0 saturated carbocycles. The lowest BCUT2D eigenvalue weighted by atomic mass is 10.1. The molecule has 0 saturated heterocycles. The smallest absolute Gasteiger partial charge is 0.167 e. The van der Waals surface area contributed by atoms with Crippen LogP contribution in [0.1, 0.15) is 31.1 Å². The van der Waals surface area contributed by atoms with Gasteiger partial charge in [0.25, 0.3) is 0 Å². The van der Waals surface area contributed by atoms with E-state index in [0.29, 0.717) is 16.7 Å². The average Bonchev–Trinajstić information content (AvgIpc) is 2.86. The molecule has 0 bridgehead atoms. The van der Waals surface area contributed by atoms with Gasteiger partial charge in [-0.2, -0.15) is 5.10 Å². The Morgan fingerprint density at radius 2 is 2.10 bits per heavy atom. The van der Waals surface area contributed by atoms with Crippen molar-refractivity contribution in [2.75, 3.05) is 0 Å². The monoisotopic (exact) mass is 322 g/mol. The third-order valence-electron chi connectivity index (χ3n) is 3.17. The molecular weight excluding hydrogens is 304 g/mol. The molecule has 0 radical (unpaired) electrons. The van der Waals surface area contributed by atoms with Gasteiger partial charge in [0, 0.05) is 12.7 Å². The summed E-state index contributed by atoms with van der Waals surface area (Å²) in [5.41, 5.74) is 1.99. The van der Waals surface area contributed by atoms with Gasteiger partial charge in [-0.15, -0.1) is 0 Å². The summed E-state index contributed by atoms with van der Waals surface area (Å²) in [4.78, 5) is 0. The van der Waals surface area contributed by atoms with Crippen LogP contribution in [0.2, 0.25) is 5.02 Å². The molecule has 2 rings (SSSR count). The highest BCUT2D eigenvalue weighted by Gasteiger charge is 2.09. The van der Waals surface area contributed by atoms with E-state index in [1.165, 1.54) is 5.56 Å². The van der Waals surface area contributed by atoms with Crippen LogP contribution < -0.4 is 10.6 Å². The fraction of sp³-hybridized carbons (Fsp3) is 0.333. The maximum absolute atomic E-state index is 6.12. The van der Waals surface area contributed by atoms with Gasteiger partial charge in [-0.05, 0) is 31.6 Å². The second kappa shape index (κ2) is 7.43. The predicted octanol–water partition coefficient (Wildman–Crippen LogP) is 3.28. The van der Waals surface area contributed by atoms with Crippen LogP contribution in [-0.4, -0.2) is 14.9 Å². The van der Waals surface area contributed by atoms with Crippen molar-refractivity contribution in [2.45, 2.75) is 33.0 Å². The maximum Gasteiger partial charge on any atom is 0.167 e. The minimum Gasteiger partial charge on any atom is -0.357 e. The van der Waals surface area contributed by atoms with Gasteiger partial charge in [-0.25, -0.2) is 0 Å². The number of nitrogens with one attached hydrogen (secondary N) is 2. The molecule has 0 aliphatic rings. The van der Waals surface area contributed by atoms with Gasteiger partial charge in [0.15, 0.2) is 5.11 Å². The van der Waals surface area contributed by atoms with Gasteiger partial charge in [0.05, 0.1) is 17.6 Å². The van der Waals surface area contributed by atoms with Crippen molar-refractivity contribution in [1.82, 2.24) is 20.4 Å². The van der Waals surface area contributed by atoms with Crippen molar-refractivity contribution in [1.29, 1.82) is 0 Å². The van der Waals surface area contributed by atoms with Crippen LogP contribution >= 0.6 is 23.8 Å². The van der Waals surface area contributed by atoms with Crippen LogP contribution in [0.5, 0.6) is 0 Å². The second-order valence-electron chi connectivity index (χ2n) is 4.74. The van der Waals surface area contributed by atoms with Gasteiger partial charge < -0.3 is 10.6 Å². The first-order valence-corrected chi connectivity index (χ1v) is 7.70. The van der Waals surface area contributed by atoms with E-state index in [1.54, 1.807) is 0 Å². The Morgan fingerprint density at radius 1 is 1.38 bits per heavy atom. The third-order valence-corrected chi connectivity index (χ3v) is 3.75. The highest BCUT2D eigenvalue weighted by atomic mass is 35.5. The molecule has 0 spiro atoms. The van der Waals surface area contributed by atoms with Gasteiger partial charge in [-0.3, -0.25) is 4.68 Å². The van der Waals surface area contributed by atoms with Crippen molar-refractivity contribution in [3.05, 3.63) is 52.8 Å². The molecular formula is C15H19ClN4S. The predicted molar refractivity (Wildman–Crippen MR) is 90.3 cm³/mol. The van der Waals surface area contributed by atoms with E-state index in [9.17, 15) is 0 Å². The van der Waals surface area contributed by atoms with Crippen molar-refractivity contribution >= 4 is 28.9 Å². The van der Waals surface area contributed by atoms with Crippen LogP contribution in [0, 0.1) is 0 Å². The molecule has 1 unspecified atom stereocenters. The number of aryl methyl sites for hydroxylation is 1. The number of thiocarbonyl (C=S) groups is 1. The van der Waals surface area contributed by atoms with Gasteiger partial charge in [-0.1, -0.05) is 41.9 Å². The molecule has 0 amide bonds. The summed E-state index contributed by atoms with van der Waals surface area (Å²) < 4.78 is 1.81. The van der Waals surface area contributed by atoms with Crippen molar-refractivity contribution in [3.63, 3.8) is 0 Å². The molecule has 0 fully saturated rings. The summed E-state index contributed by atoms with van der Waals surface area (Å²) in [5, 5.41) is 12.0. The molecule has 21 heavy (non-hydrogen) atoms. The average molecular weight is 323 g/mol. The summed E-state index contributed by atoms with van der Waals surface area (Å²) in [6.45, 7) is 5.41. The van der Waals surface area contributed by atoms with Crippen LogP contribution in [-0.2, 0) is 13.1 Å². The second-order valence-corrected chi connectivity index (χ2v) is 5.55. The Hall–Kier alpha value is -1.59. The van der Waals surface area contributed by atoms with E-state index in [0.717, 1.165) is 12.2 Å². The van der Waals surface area contributed by atoms with Crippen LogP contribution in [0.15, 0.2) is 36.5 Å². The Morgan fingerprint density at radius 3 is 2.71 bits per heavy atom. The highest BCUT2D eigenvalue weighted by molar-refractivity contribution is 7.80. The van der Waals surface area contributed by atoms with E-state index < -0.39 is 0 Å². The molecule has 6 heteroatoms. The zero-order chi connectivity index (χ0) is 15.2. The van der Waals surface area contributed by atoms with Crippen LogP contribution in [0.25, 0.3) is 0 Å². The Balaban J connectivity index is 1.86. The number of nitrogens with zero attached hydrogens (tertiary/aromatic N) is 2. The normalized spacial score (nSPS) is 12.0. The molecule has 112 valence electrons. The number of rotatable bonds is 5. The number of hydrogen-bond donors (Lipinski definition) is 2. The number of aromatic nitrogens is 2. The summed E-state index contributed by atoms with van der Waals surface area (Å²) in [6.07, 6.45) is 1.82. The third kappa shape index (κ3) is 4.44. The molecule has 1 atom stereocenters. The zero-order valence-corrected chi connectivity index (χ0v) is 13.7. The standard InChI is InChI=1S/C15H19ClN4S/c1-3-20-10-13(16)14(19-20)9-17-15(21)18-11(2)12-7-5-4-6-8-12/h4-8,10-11H,3,9H2,1-2H3,(H2,17,18,21). The van der Waals surface area contributed by atoms with Crippen molar-refractivity contribution in [2.24, 2.45) is 0 Å². The lowest BCUT2D eigenvalue weighted by Crippen LogP contribution is -2.36. The minimum absolute atomic E-state index is 0.148. The summed E-state index contributed by atoms with van der Waals surface area (Å²) >= 11 is 11.4. The highest BCUT2D eigenvalue weighted by Crippen LogP contribution is 2.14. The van der Waals surface area contributed by atoms with E-state index in [-0.39, 0.29) is 6.04 Å². The minimum atomic E-state index is 0.148.